The van der Waals surface area contributed by atoms with Crippen LogP contribution in [-0.4, -0.2) is 68.0 Å². The van der Waals surface area contributed by atoms with E-state index in [4.69, 9.17) is 9.47 Å². The average molecular weight is 419 g/mol. The average Bonchev–Trinajstić information content (AvgIpc) is 3.59. The third-order valence-electron chi connectivity index (χ3n) is 7.00. The molecule has 0 bridgehead atoms. The van der Waals surface area contributed by atoms with Crippen molar-refractivity contribution in [3.05, 3.63) is 35.9 Å². The first kappa shape index (κ1) is 21.6. The predicted octanol–water partition coefficient (Wildman–Crippen LogP) is 4.27. The maximum absolute atomic E-state index is 13.0. The van der Waals surface area contributed by atoms with E-state index in [0.717, 1.165) is 64.0 Å². The SMILES string of the molecule is O=C(OCc1ccccc1)N1CCC(N2CCC[C@@H](COCC3(CF)CC3)C2)CC1. The Labute approximate surface area is 179 Å². The molecule has 0 aromatic heterocycles. The molecule has 4 rings (SSSR count). The Morgan fingerprint density at radius 3 is 2.57 bits per heavy atom. The molecule has 1 aromatic carbocycles. The van der Waals surface area contributed by atoms with Crippen molar-refractivity contribution in [2.24, 2.45) is 11.3 Å². The monoisotopic (exact) mass is 418 g/mol. The number of hydrogen-bond acceptors (Lipinski definition) is 4. The summed E-state index contributed by atoms with van der Waals surface area (Å²) in [7, 11) is 0. The van der Waals surface area contributed by atoms with Crippen molar-refractivity contribution in [2.75, 3.05) is 46.1 Å². The number of halogens is 1. The van der Waals surface area contributed by atoms with E-state index in [9.17, 15) is 9.18 Å². The summed E-state index contributed by atoms with van der Waals surface area (Å²) in [4.78, 5) is 16.8. The third-order valence-corrected chi connectivity index (χ3v) is 7.00. The molecule has 1 aromatic rings. The molecule has 5 nitrogen and oxygen atoms in total. The zero-order valence-electron chi connectivity index (χ0n) is 17.9. The highest BCUT2D eigenvalue weighted by molar-refractivity contribution is 5.67. The van der Waals surface area contributed by atoms with E-state index in [1.165, 1.54) is 12.8 Å². The predicted molar refractivity (Wildman–Crippen MR) is 114 cm³/mol. The number of carbonyl (C=O) groups excluding carboxylic acids is 1. The van der Waals surface area contributed by atoms with Crippen LogP contribution >= 0.6 is 0 Å². The van der Waals surface area contributed by atoms with Gasteiger partial charge in [0.2, 0.25) is 0 Å². The number of ether oxygens (including phenoxy) is 2. The summed E-state index contributed by atoms with van der Waals surface area (Å²) in [5.41, 5.74) is 0.873. The number of nitrogens with zero attached hydrogens (tertiary/aromatic N) is 2. The lowest BCUT2D eigenvalue weighted by molar-refractivity contribution is 0.0119. The van der Waals surface area contributed by atoms with Crippen LogP contribution in [0.4, 0.5) is 9.18 Å². The van der Waals surface area contributed by atoms with Gasteiger partial charge >= 0.3 is 6.09 Å². The lowest BCUT2D eigenvalue weighted by Gasteiger charge is -2.42. The van der Waals surface area contributed by atoms with Gasteiger partial charge in [0.05, 0.1) is 19.9 Å². The number of carbonyl (C=O) groups is 1. The number of alkyl halides is 1. The van der Waals surface area contributed by atoms with Gasteiger partial charge in [-0.05, 0) is 56.6 Å². The smallest absolute Gasteiger partial charge is 0.410 e. The standard InChI is InChI=1S/C24H35FN2O3/c25-18-24(10-11-24)19-29-16-21-7-4-12-27(15-21)22-8-13-26(14-9-22)23(28)30-17-20-5-2-1-3-6-20/h1-3,5-6,21-22H,4,7-19H2/t21-/m1/s1. The highest BCUT2D eigenvalue weighted by Gasteiger charge is 2.43. The summed E-state index contributed by atoms with van der Waals surface area (Å²) in [6.45, 7) is 5.14. The zero-order chi connectivity index (χ0) is 20.8. The molecule has 2 heterocycles. The molecule has 30 heavy (non-hydrogen) atoms. The quantitative estimate of drug-likeness (QED) is 0.632. The van der Waals surface area contributed by atoms with Crippen LogP contribution in [0.25, 0.3) is 0 Å². The minimum Gasteiger partial charge on any atom is -0.445 e. The van der Waals surface area contributed by atoms with Crippen molar-refractivity contribution in [1.29, 1.82) is 0 Å². The van der Waals surface area contributed by atoms with Crippen molar-refractivity contribution in [3.8, 4) is 0 Å². The molecule has 3 fully saturated rings. The molecule has 1 amide bonds. The molecule has 2 saturated heterocycles. The van der Waals surface area contributed by atoms with Gasteiger partial charge < -0.3 is 14.4 Å². The Bertz CT molecular complexity index is 674. The summed E-state index contributed by atoms with van der Waals surface area (Å²) < 4.78 is 24.4. The van der Waals surface area contributed by atoms with Gasteiger partial charge in [0.25, 0.3) is 0 Å². The Balaban J connectivity index is 1.15. The van der Waals surface area contributed by atoms with E-state index in [1.54, 1.807) is 0 Å². The van der Waals surface area contributed by atoms with E-state index in [2.05, 4.69) is 4.90 Å². The van der Waals surface area contributed by atoms with Gasteiger partial charge in [0.15, 0.2) is 0 Å². The molecule has 0 radical (unpaired) electrons. The first-order valence-electron chi connectivity index (χ1n) is 11.5. The first-order valence-corrected chi connectivity index (χ1v) is 11.5. The van der Waals surface area contributed by atoms with Crippen LogP contribution in [0.5, 0.6) is 0 Å². The van der Waals surface area contributed by atoms with Crippen molar-refractivity contribution in [3.63, 3.8) is 0 Å². The number of amides is 1. The van der Waals surface area contributed by atoms with Crippen LogP contribution in [0.3, 0.4) is 0 Å². The first-order chi connectivity index (χ1) is 14.7. The topological polar surface area (TPSA) is 42.0 Å². The van der Waals surface area contributed by atoms with Crippen molar-refractivity contribution >= 4 is 6.09 Å². The molecular formula is C24H35FN2O3. The van der Waals surface area contributed by atoms with Crippen LogP contribution in [0.15, 0.2) is 30.3 Å². The Kier molecular flexibility index (Phi) is 7.26. The van der Waals surface area contributed by atoms with Gasteiger partial charge in [-0.1, -0.05) is 30.3 Å². The summed E-state index contributed by atoms with van der Waals surface area (Å²) in [6.07, 6.45) is 6.15. The normalized spacial score (nSPS) is 24.6. The molecule has 166 valence electrons. The van der Waals surface area contributed by atoms with Crippen molar-refractivity contribution in [2.45, 2.75) is 51.2 Å². The second-order valence-electron chi connectivity index (χ2n) is 9.41. The molecule has 0 spiro atoms. The molecule has 0 unspecified atom stereocenters. The van der Waals surface area contributed by atoms with Crippen LogP contribution < -0.4 is 0 Å². The number of hydrogen-bond donors (Lipinski definition) is 0. The van der Waals surface area contributed by atoms with Crippen molar-refractivity contribution in [1.82, 2.24) is 9.80 Å². The van der Waals surface area contributed by atoms with E-state index in [-0.39, 0.29) is 18.2 Å². The fourth-order valence-corrected chi connectivity index (χ4v) is 4.72. The number of benzene rings is 1. The van der Waals surface area contributed by atoms with Gasteiger partial charge in [0, 0.05) is 31.1 Å². The van der Waals surface area contributed by atoms with Gasteiger partial charge in [-0.25, -0.2) is 4.79 Å². The minimum absolute atomic E-state index is 0.143. The van der Waals surface area contributed by atoms with E-state index in [1.807, 2.05) is 35.2 Å². The lowest BCUT2D eigenvalue weighted by Crippen LogP contribution is -2.50. The number of piperidine rings is 2. The molecule has 3 aliphatic rings. The van der Waals surface area contributed by atoms with Crippen LogP contribution in [0.2, 0.25) is 0 Å². The second-order valence-corrected chi connectivity index (χ2v) is 9.41. The van der Waals surface area contributed by atoms with Gasteiger partial charge in [-0.3, -0.25) is 9.29 Å². The summed E-state index contributed by atoms with van der Waals surface area (Å²) in [5.74, 6) is 0.544. The summed E-state index contributed by atoms with van der Waals surface area (Å²) in [5, 5.41) is 0. The largest absolute Gasteiger partial charge is 0.445 e. The fourth-order valence-electron chi connectivity index (χ4n) is 4.72. The lowest BCUT2D eigenvalue weighted by atomic mass is 9.94. The molecule has 6 heteroatoms. The van der Waals surface area contributed by atoms with Crippen molar-refractivity contribution < 1.29 is 18.7 Å². The van der Waals surface area contributed by atoms with Crippen LogP contribution in [0, 0.1) is 11.3 Å². The summed E-state index contributed by atoms with van der Waals surface area (Å²) in [6, 6.07) is 10.3. The molecule has 1 saturated carbocycles. The van der Waals surface area contributed by atoms with Gasteiger partial charge in [0.1, 0.15) is 6.61 Å². The maximum Gasteiger partial charge on any atom is 0.410 e. The Morgan fingerprint density at radius 1 is 1.10 bits per heavy atom. The second kappa shape index (κ2) is 10.1. The van der Waals surface area contributed by atoms with Gasteiger partial charge in [-0.15, -0.1) is 0 Å². The molecule has 1 atom stereocenters. The van der Waals surface area contributed by atoms with E-state index < -0.39 is 0 Å². The molecule has 0 N–H and O–H groups in total. The maximum atomic E-state index is 13.0. The van der Waals surface area contributed by atoms with Crippen LogP contribution in [-0.2, 0) is 16.1 Å². The zero-order valence-corrected chi connectivity index (χ0v) is 17.9. The Hall–Kier alpha value is -1.66. The highest BCUT2D eigenvalue weighted by atomic mass is 19.1. The van der Waals surface area contributed by atoms with Crippen LogP contribution in [0.1, 0.15) is 44.1 Å². The summed E-state index contributed by atoms with van der Waals surface area (Å²) >= 11 is 0. The molecule has 1 aliphatic carbocycles. The fraction of sp³-hybridized carbons (Fsp3) is 0.708. The molecule has 2 aliphatic heterocycles. The van der Waals surface area contributed by atoms with E-state index >= 15 is 0 Å². The third kappa shape index (κ3) is 5.73. The number of likely N-dealkylation sites (tertiary alicyclic amines) is 2. The Morgan fingerprint density at radius 2 is 1.87 bits per heavy atom. The van der Waals surface area contributed by atoms with Gasteiger partial charge in [-0.2, -0.15) is 0 Å². The minimum atomic E-state index is -0.240. The number of rotatable bonds is 8. The molecular weight excluding hydrogens is 383 g/mol. The van der Waals surface area contributed by atoms with E-state index in [0.29, 0.717) is 25.2 Å². The highest BCUT2D eigenvalue weighted by Crippen LogP contribution is 2.46.